The van der Waals surface area contributed by atoms with Crippen LogP contribution >= 0.6 is 0 Å². The number of carboxylic acids is 1. The Morgan fingerprint density at radius 1 is 1.43 bits per heavy atom. The summed E-state index contributed by atoms with van der Waals surface area (Å²) in [5.41, 5.74) is -0.230. The van der Waals surface area contributed by atoms with Gasteiger partial charge in [0.15, 0.2) is 0 Å². The highest BCUT2D eigenvalue weighted by molar-refractivity contribution is 6.00. The first kappa shape index (κ1) is 15.2. The zero-order valence-electron chi connectivity index (χ0n) is 11.6. The molecule has 0 aliphatic carbocycles. The van der Waals surface area contributed by atoms with Gasteiger partial charge in [-0.2, -0.15) is 0 Å². The highest BCUT2D eigenvalue weighted by atomic mass is 19.1. The van der Waals surface area contributed by atoms with E-state index < -0.39 is 17.8 Å². The van der Waals surface area contributed by atoms with Crippen molar-refractivity contribution in [3.05, 3.63) is 29.6 Å². The molecule has 1 aliphatic rings. The first-order valence-electron chi connectivity index (χ1n) is 6.67. The fourth-order valence-electron chi connectivity index (χ4n) is 2.28. The molecule has 0 saturated carbocycles. The van der Waals surface area contributed by atoms with Crippen LogP contribution in [0.4, 0.5) is 14.9 Å². The van der Waals surface area contributed by atoms with Gasteiger partial charge in [-0.15, -0.1) is 0 Å². The van der Waals surface area contributed by atoms with E-state index in [0.29, 0.717) is 19.4 Å². The summed E-state index contributed by atoms with van der Waals surface area (Å²) in [4.78, 5) is 22.9. The maximum Gasteiger partial charge on any atom is 0.337 e. The van der Waals surface area contributed by atoms with Gasteiger partial charge in [-0.3, -0.25) is 0 Å². The van der Waals surface area contributed by atoms with Gasteiger partial charge in [0.05, 0.1) is 17.4 Å². The van der Waals surface area contributed by atoms with Crippen molar-refractivity contribution < 1.29 is 23.8 Å². The predicted molar refractivity (Wildman–Crippen MR) is 73.9 cm³/mol. The number of rotatable bonds is 3. The summed E-state index contributed by atoms with van der Waals surface area (Å²) in [5, 5.41) is 14.2. The summed E-state index contributed by atoms with van der Waals surface area (Å²) in [6.45, 7) is 2.50. The van der Waals surface area contributed by atoms with E-state index >= 15 is 0 Å². The summed E-state index contributed by atoms with van der Waals surface area (Å²) in [7, 11) is 0. The van der Waals surface area contributed by atoms with Crippen LogP contribution in [0.15, 0.2) is 18.2 Å². The van der Waals surface area contributed by atoms with Crippen molar-refractivity contribution in [2.45, 2.75) is 31.9 Å². The summed E-state index contributed by atoms with van der Waals surface area (Å²) < 4.78 is 18.4. The molecule has 7 heteroatoms. The van der Waals surface area contributed by atoms with E-state index in [1.165, 1.54) is 6.07 Å². The minimum atomic E-state index is -1.30. The van der Waals surface area contributed by atoms with E-state index in [2.05, 4.69) is 10.6 Å². The smallest absolute Gasteiger partial charge is 0.337 e. The lowest BCUT2D eigenvalue weighted by molar-refractivity contribution is 0.0157. The van der Waals surface area contributed by atoms with E-state index in [4.69, 9.17) is 9.84 Å². The van der Waals surface area contributed by atoms with Gasteiger partial charge < -0.3 is 20.5 Å². The van der Waals surface area contributed by atoms with Crippen LogP contribution in [0.5, 0.6) is 0 Å². The van der Waals surface area contributed by atoms with Crippen LogP contribution in [0.1, 0.15) is 30.1 Å². The molecule has 6 nitrogen and oxygen atoms in total. The Morgan fingerprint density at radius 3 is 2.86 bits per heavy atom. The molecule has 2 unspecified atom stereocenters. The van der Waals surface area contributed by atoms with E-state index in [9.17, 15) is 14.0 Å². The highest BCUT2D eigenvalue weighted by Gasteiger charge is 2.21. The number of anilines is 1. The maximum atomic E-state index is 13.1. The largest absolute Gasteiger partial charge is 0.478 e. The van der Waals surface area contributed by atoms with Gasteiger partial charge in [0.1, 0.15) is 5.82 Å². The normalized spacial score (nSPS) is 21.6. The molecule has 1 aromatic rings. The van der Waals surface area contributed by atoms with Crippen molar-refractivity contribution in [3.63, 3.8) is 0 Å². The van der Waals surface area contributed by atoms with Gasteiger partial charge in [0.25, 0.3) is 0 Å². The number of amides is 2. The fourth-order valence-corrected chi connectivity index (χ4v) is 2.28. The summed E-state index contributed by atoms with van der Waals surface area (Å²) in [5.74, 6) is -1.97. The third-order valence-corrected chi connectivity index (χ3v) is 3.28. The zero-order valence-corrected chi connectivity index (χ0v) is 11.6. The molecule has 0 radical (unpaired) electrons. The minimum Gasteiger partial charge on any atom is -0.478 e. The number of carbonyl (C=O) groups excluding carboxylic acids is 1. The third kappa shape index (κ3) is 4.16. The number of hydrogen-bond acceptors (Lipinski definition) is 3. The number of carboxylic acid groups (broad SMARTS) is 1. The lowest BCUT2D eigenvalue weighted by Crippen LogP contribution is -2.43. The van der Waals surface area contributed by atoms with E-state index in [-0.39, 0.29) is 23.4 Å². The van der Waals surface area contributed by atoms with Crippen LogP contribution in [0.2, 0.25) is 0 Å². The Kier molecular flexibility index (Phi) is 4.74. The van der Waals surface area contributed by atoms with Gasteiger partial charge in [-0.1, -0.05) is 0 Å². The molecule has 21 heavy (non-hydrogen) atoms. The van der Waals surface area contributed by atoms with E-state index in [0.717, 1.165) is 12.1 Å². The Hall–Kier alpha value is -2.15. The molecule has 0 spiro atoms. The molecule has 114 valence electrons. The first-order chi connectivity index (χ1) is 9.95. The monoisotopic (exact) mass is 296 g/mol. The molecule has 1 fully saturated rings. The number of ether oxygens (including phenoxy) is 1. The van der Waals surface area contributed by atoms with Gasteiger partial charge in [-0.05, 0) is 38.0 Å². The molecule has 0 bridgehead atoms. The zero-order chi connectivity index (χ0) is 15.4. The van der Waals surface area contributed by atoms with Crippen molar-refractivity contribution in [2.75, 3.05) is 11.9 Å². The number of halogens is 1. The van der Waals surface area contributed by atoms with Crippen molar-refractivity contribution in [1.29, 1.82) is 0 Å². The number of hydrogen-bond donors (Lipinski definition) is 3. The predicted octanol–water partition coefficient (Wildman–Crippen LogP) is 2.21. The summed E-state index contributed by atoms with van der Waals surface area (Å²) >= 11 is 0. The Balaban J connectivity index is 2.01. The van der Waals surface area contributed by atoms with Crippen LogP contribution in [0, 0.1) is 5.82 Å². The quantitative estimate of drug-likeness (QED) is 0.798. The second kappa shape index (κ2) is 6.53. The first-order valence-corrected chi connectivity index (χ1v) is 6.67. The molecular formula is C14H17FN2O4. The topological polar surface area (TPSA) is 87.7 Å². The standard InChI is InChI=1S/C14H17FN2O4/c1-8-6-10(4-5-21-8)16-14(20)17-12-3-2-9(15)7-11(12)13(18)19/h2-3,7-8,10H,4-6H2,1H3,(H,18,19)(H2,16,17,20). The van der Waals surface area contributed by atoms with Crippen molar-refractivity contribution in [2.24, 2.45) is 0 Å². The molecule has 1 aliphatic heterocycles. The Bertz CT molecular complexity index is 550. The number of nitrogens with one attached hydrogen (secondary N) is 2. The number of carbonyl (C=O) groups is 2. The summed E-state index contributed by atoms with van der Waals surface area (Å²) in [6.07, 6.45) is 1.47. The minimum absolute atomic E-state index is 0.0255. The van der Waals surface area contributed by atoms with Crippen LogP contribution in [-0.2, 0) is 4.74 Å². The number of urea groups is 1. The van der Waals surface area contributed by atoms with Crippen LogP contribution in [-0.4, -0.2) is 35.9 Å². The number of aromatic carboxylic acids is 1. The third-order valence-electron chi connectivity index (χ3n) is 3.28. The SMILES string of the molecule is CC1CC(NC(=O)Nc2ccc(F)cc2C(=O)O)CCO1. The van der Waals surface area contributed by atoms with E-state index in [1.807, 2.05) is 6.92 Å². The molecule has 2 amide bonds. The number of benzene rings is 1. The molecule has 2 rings (SSSR count). The summed E-state index contributed by atoms with van der Waals surface area (Å²) in [6, 6.07) is 2.66. The van der Waals surface area contributed by atoms with Crippen molar-refractivity contribution in [1.82, 2.24) is 5.32 Å². The van der Waals surface area contributed by atoms with Gasteiger partial charge in [0.2, 0.25) is 0 Å². The maximum absolute atomic E-state index is 13.1. The molecular weight excluding hydrogens is 279 g/mol. The molecule has 3 N–H and O–H groups in total. The Labute approximate surface area is 121 Å². The molecule has 1 saturated heterocycles. The van der Waals surface area contributed by atoms with Crippen LogP contribution < -0.4 is 10.6 Å². The second-order valence-corrected chi connectivity index (χ2v) is 5.00. The van der Waals surface area contributed by atoms with Crippen LogP contribution in [0.25, 0.3) is 0 Å². The van der Waals surface area contributed by atoms with Gasteiger partial charge in [-0.25, -0.2) is 14.0 Å². The molecule has 1 aromatic carbocycles. The lowest BCUT2D eigenvalue weighted by Gasteiger charge is -2.28. The lowest BCUT2D eigenvalue weighted by atomic mass is 10.0. The highest BCUT2D eigenvalue weighted by Crippen LogP contribution is 2.18. The average Bonchev–Trinajstić information content (AvgIpc) is 2.40. The van der Waals surface area contributed by atoms with Gasteiger partial charge >= 0.3 is 12.0 Å². The van der Waals surface area contributed by atoms with E-state index in [1.54, 1.807) is 0 Å². The average molecular weight is 296 g/mol. The van der Waals surface area contributed by atoms with Gasteiger partial charge in [0, 0.05) is 12.6 Å². The molecule has 2 atom stereocenters. The molecule has 1 heterocycles. The van der Waals surface area contributed by atoms with Crippen molar-refractivity contribution >= 4 is 17.7 Å². The molecule has 0 aromatic heterocycles. The second-order valence-electron chi connectivity index (χ2n) is 5.00. The van der Waals surface area contributed by atoms with Crippen molar-refractivity contribution in [3.8, 4) is 0 Å². The Morgan fingerprint density at radius 2 is 2.19 bits per heavy atom. The fraction of sp³-hybridized carbons (Fsp3) is 0.429. The van der Waals surface area contributed by atoms with Crippen LogP contribution in [0.3, 0.4) is 0 Å².